The second kappa shape index (κ2) is 5.37. The fourth-order valence-electron chi connectivity index (χ4n) is 2.11. The third-order valence-electron chi connectivity index (χ3n) is 3.07. The Kier molecular flexibility index (Phi) is 4.39. The van der Waals surface area contributed by atoms with Crippen LogP contribution < -0.4 is 5.32 Å². The van der Waals surface area contributed by atoms with Crippen LogP contribution in [0.25, 0.3) is 0 Å². The zero-order valence-corrected chi connectivity index (χ0v) is 10.9. The van der Waals surface area contributed by atoms with Crippen molar-refractivity contribution >= 4 is 5.91 Å². The largest absolute Gasteiger partial charge is 0.378 e. The predicted octanol–water partition coefficient (Wildman–Crippen LogP) is 2.00. The lowest BCUT2D eigenvalue weighted by molar-refractivity contribution is -0.133. The fourth-order valence-corrected chi connectivity index (χ4v) is 2.11. The SMILES string of the molecule is C=C(C)N[C@@H](C(=O)N1CC[C@@H](C)C1)C(C)C. The van der Waals surface area contributed by atoms with Gasteiger partial charge in [0.1, 0.15) is 6.04 Å². The number of likely N-dealkylation sites (tertiary alicyclic amines) is 1. The van der Waals surface area contributed by atoms with Crippen LogP contribution in [0.3, 0.4) is 0 Å². The van der Waals surface area contributed by atoms with Crippen molar-refractivity contribution in [2.45, 2.75) is 40.2 Å². The van der Waals surface area contributed by atoms with Gasteiger partial charge in [0.05, 0.1) is 0 Å². The summed E-state index contributed by atoms with van der Waals surface area (Å²) >= 11 is 0. The molecule has 0 saturated carbocycles. The van der Waals surface area contributed by atoms with Crippen LogP contribution in [0.4, 0.5) is 0 Å². The zero-order chi connectivity index (χ0) is 12.3. The lowest BCUT2D eigenvalue weighted by atomic mass is 10.0. The highest BCUT2D eigenvalue weighted by Gasteiger charge is 2.30. The highest BCUT2D eigenvalue weighted by Crippen LogP contribution is 2.18. The zero-order valence-electron chi connectivity index (χ0n) is 10.9. The van der Waals surface area contributed by atoms with Gasteiger partial charge in [-0.3, -0.25) is 4.79 Å². The molecule has 1 N–H and O–H groups in total. The molecule has 92 valence electrons. The summed E-state index contributed by atoms with van der Waals surface area (Å²) in [6, 6.07) is -0.122. The minimum atomic E-state index is -0.122. The Labute approximate surface area is 98.9 Å². The molecule has 0 aliphatic carbocycles. The molecule has 0 unspecified atom stereocenters. The lowest BCUT2D eigenvalue weighted by Gasteiger charge is -2.27. The van der Waals surface area contributed by atoms with Crippen molar-refractivity contribution in [2.75, 3.05) is 13.1 Å². The number of carbonyl (C=O) groups is 1. The molecule has 1 aliphatic rings. The molecule has 1 saturated heterocycles. The summed E-state index contributed by atoms with van der Waals surface area (Å²) in [7, 11) is 0. The number of allylic oxidation sites excluding steroid dienone is 1. The molecule has 1 aliphatic heterocycles. The van der Waals surface area contributed by atoms with Crippen molar-refractivity contribution in [3.05, 3.63) is 12.3 Å². The van der Waals surface area contributed by atoms with E-state index in [0.29, 0.717) is 11.8 Å². The molecule has 0 radical (unpaired) electrons. The summed E-state index contributed by atoms with van der Waals surface area (Å²) in [6.07, 6.45) is 1.13. The molecule has 2 atom stereocenters. The van der Waals surface area contributed by atoms with Gasteiger partial charge in [-0.2, -0.15) is 0 Å². The van der Waals surface area contributed by atoms with E-state index in [1.807, 2.05) is 11.8 Å². The quantitative estimate of drug-likeness (QED) is 0.792. The van der Waals surface area contributed by atoms with Crippen molar-refractivity contribution in [3.63, 3.8) is 0 Å². The summed E-state index contributed by atoms with van der Waals surface area (Å²) in [6.45, 7) is 13.9. The average Bonchev–Trinajstić information content (AvgIpc) is 2.59. The molecular weight excluding hydrogens is 200 g/mol. The summed E-state index contributed by atoms with van der Waals surface area (Å²) in [5, 5.41) is 3.19. The number of rotatable bonds is 4. The van der Waals surface area contributed by atoms with Crippen molar-refractivity contribution < 1.29 is 4.79 Å². The molecule has 0 aromatic carbocycles. The minimum Gasteiger partial charge on any atom is -0.378 e. The molecule has 0 bridgehead atoms. The monoisotopic (exact) mass is 224 g/mol. The van der Waals surface area contributed by atoms with E-state index in [9.17, 15) is 4.79 Å². The number of carbonyl (C=O) groups excluding carboxylic acids is 1. The maximum atomic E-state index is 12.3. The van der Waals surface area contributed by atoms with Crippen molar-refractivity contribution in [1.82, 2.24) is 10.2 Å². The molecule has 3 nitrogen and oxygen atoms in total. The van der Waals surface area contributed by atoms with Crippen molar-refractivity contribution in [3.8, 4) is 0 Å². The van der Waals surface area contributed by atoms with Gasteiger partial charge < -0.3 is 10.2 Å². The Morgan fingerprint density at radius 2 is 2.12 bits per heavy atom. The van der Waals surface area contributed by atoms with Gasteiger partial charge in [-0.15, -0.1) is 0 Å². The van der Waals surface area contributed by atoms with Gasteiger partial charge in [-0.25, -0.2) is 0 Å². The first-order valence-corrected chi connectivity index (χ1v) is 6.12. The highest BCUT2D eigenvalue weighted by atomic mass is 16.2. The Hall–Kier alpha value is -0.990. The molecule has 1 amide bonds. The van der Waals surface area contributed by atoms with E-state index >= 15 is 0 Å². The van der Waals surface area contributed by atoms with E-state index in [2.05, 4.69) is 32.7 Å². The van der Waals surface area contributed by atoms with E-state index < -0.39 is 0 Å². The van der Waals surface area contributed by atoms with Crippen LogP contribution in [0.1, 0.15) is 34.1 Å². The second-order valence-corrected chi connectivity index (χ2v) is 5.32. The average molecular weight is 224 g/mol. The molecular formula is C13H24N2O. The molecule has 0 spiro atoms. The van der Waals surface area contributed by atoms with Crippen LogP contribution in [0.2, 0.25) is 0 Å². The van der Waals surface area contributed by atoms with Crippen LogP contribution in [-0.4, -0.2) is 29.9 Å². The number of nitrogens with one attached hydrogen (secondary N) is 1. The Morgan fingerprint density at radius 1 is 1.50 bits per heavy atom. The van der Waals surface area contributed by atoms with Crippen LogP contribution >= 0.6 is 0 Å². The smallest absolute Gasteiger partial charge is 0.245 e. The summed E-state index contributed by atoms with van der Waals surface area (Å²) in [4.78, 5) is 14.3. The maximum Gasteiger partial charge on any atom is 0.245 e. The van der Waals surface area contributed by atoms with Gasteiger partial charge in [0, 0.05) is 18.8 Å². The van der Waals surface area contributed by atoms with Crippen LogP contribution in [0.5, 0.6) is 0 Å². The Bertz CT molecular complexity index is 273. The molecule has 3 heteroatoms. The van der Waals surface area contributed by atoms with Crippen LogP contribution in [0, 0.1) is 11.8 Å². The maximum absolute atomic E-state index is 12.3. The number of hydrogen-bond donors (Lipinski definition) is 1. The normalized spacial score (nSPS) is 22.3. The third kappa shape index (κ3) is 3.26. The Morgan fingerprint density at radius 3 is 2.50 bits per heavy atom. The van der Waals surface area contributed by atoms with E-state index in [1.165, 1.54) is 0 Å². The van der Waals surface area contributed by atoms with Gasteiger partial charge in [0.25, 0.3) is 0 Å². The van der Waals surface area contributed by atoms with Crippen molar-refractivity contribution in [1.29, 1.82) is 0 Å². The first-order valence-electron chi connectivity index (χ1n) is 6.12. The van der Waals surface area contributed by atoms with Gasteiger partial charge in [0.2, 0.25) is 5.91 Å². The summed E-state index contributed by atoms with van der Waals surface area (Å²) < 4.78 is 0. The fraction of sp³-hybridized carbons (Fsp3) is 0.769. The standard InChI is InChI=1S/C13H24N2O/c1-9(2)12(14-10(3)4)13(16)15-7-6-11(5)8-15/h9,11-12,14H,3,6-8H2,1-2,4-5H3/t11-,12-/m1/s1. The van der Waals surface area contributed by atoms with Gasteiger partial charge in [-0.1, -0.05) is 27.4 Å². The molecule has 0 aromatic heterocycles. The Balaban J connectivity index is 2.63. The second-order valence-electron chi connectivity index (χ2n) is 5.32. The van der Waals surface area contributed by atoms with Gasteiger partial charge >= 0.3 is 0 Å². The number of amides is 1. The van der Waals surface area contributed by atoms with E-state index in [-0.39, 0.29) is 11.9 Å². The molecule has 1 heterocycles. The predicted molar refractivity (Wildman–Crippen MR) is 66.9 cm³/mol. The summed E-state index contributed by atoms with van der Waals surface area (Å²) in [5.41, 5.74) is 0.860. The molecule has 16 heavy (non-hydrogen) atoms. The highest BCUT2D eigenvalue weighted by molar-refractivity contribution is 5.82. The topological polar surface area (TPSA) is 32.3 Å². The van der Waals surface area contributed by atoms with Crippen LogP contribution in [0.15, 0.2) is 12.3 Å². The first kappa shape index (κ1) is 13.1. The summed E-state index contributed by atoms with van der Waals surface area (Å²) in [5.74, 6) is 1.16. The molecule has 0 aromatic rings. The van der Waals surface area contributed by atoms with Gasteiger partial charge in [0.15, 0.2) is 0 Å². The van der Waals surface area contributed by atoms with Gasteiger partial charge in [-0.05, 0) is 25.2 Å². The number of hydrogen-bond acceptors (Lipinski definition) is 2. The van der Waals surface area contributed by atoms with Crippen LogP contribution in [-0.2, 0) is 4.79 Å². The third-order valence-corrected chi connectivity index (χ3v) is 3.07. The molecule has 1 fully saturated rings. The minimum absolute atomic E-state index is 0.122. The first-order chi connectivity index (χ1) is 7.41. The van der Waals surface area contributed by atoms with Crippen molar-refractivity contribution in [2.24, 2.45) is 11.8 Å². The van der Waals surface area contributed by atoms with E-state index in [1.54, 1.807) is 0 Å². The lowest BCUT2D eigenvalue weighted by Crippen LogP contribution is -2.47. The number of nitrogens with zero attached hydrogens (tertiary/aromatic N) is 1. The van der Waals surface area contributed by atoms with E-state index in [0.717, 1.165) is 25.2 Å². The van der Waals surface area contributed by atoms with E-state index in [4.69, 9.17) is 0 Å². The molecule has 1 rings (SSSR count).